The molecule has 0 rings (SSSR count). The van der Waals surface area contributed by atoms with Gasteiger partial charge in [-0.05, 0) is 33.1 Å². The van der Waals surface area contributed by atoms with Crippen molar-refractivity contribution in [3.8, 4) is 0 Å². The van der Waals surface area contributed by atoms with Crippen molar-refractivity contribution in [2.24, 2.45) is 5.92 Å². The Morgan fingerprint density at radius 1 is 0.917 bits per heavy atom. The van der Waals surface area contributed by atoms with Crippen LogP contribution in [0.25, 0.3) is 0 Å². The highest BCUT2D eigenvalue weighted by Crippen LogP contribution is 2.13. The summed E-state index contributed by atoms with van der Waals surface area (Å²) in [6.45, 7) is 11.6. The summed E-state index contributed by atoms with van der Waals surface area (Å²) >= 11 is 0. The number of unbranched alkanes of at least 4 members (excludes halogenated alkanes) is 7. The van der Waals surface area contributed by atoms with Gasteiger partial charge in [0.2, 0.25) is 0 Å². The van der Waals surface area contributed by atoms with E-state index >= 15 is 0 Å². The predicted octanol–water partition coefficient (Wildman–Crippen LogP) is 5.64. The number of nitrogens with one attached hydrogen (secondary N) is 1. The fraction of sp³-hybridized carbons (Fsp3) is 0.900. The number of hydrogen-bond acceptors (Lipinski definition) is 3. The molecule has 0 aliphatic carbocycles. The first-order valence-corrected chi connectivity index (χ1v) is 9.69. The molecule has 0 aliphatic rings. The van der Waals surface area contributed by atoms with Gasteiger partial charge in [0.25, 0.3) is 0 Å². The lowest BCUT2D eigenvalue weighted by molar-refractivity contribution is -0.122. The Bertz CT molecular complexity index is 358. The molecule has 0 heterocycles. The smallest absolute Gasteiger partial charge is 0.408 e. The highest BCUT2D eigenvalue weighted by atomic mass is 16.6. The van der Waals surface area contributed by atoms with E-state index in [4.69, 9.17) is 4.74 Å². The van der Waals surface area contributed by atoms with Gasteiger partial charge in [-0.25, -0.2) is 4.79 Å². The van der Waals surface area contributed by atoms with Crippen molar-refractivity contribution >= 4 is 11.9 Å². The summed E-state index contributed by atoms with van der Waals surface area (Å²) in [6, 6.07) is -0.454. The molecule has 1 atom stereocenters. The average Bonchev–Trinajstić information content (AvgIpc) is 2.45. The summed E-state index contributed by atoms with van der Waals surface area (Å²) in [5, 5.41) is 2.74. The molecule has 0 aromatic rings. The molecule has 0 aliphatic heterocycles. The molecule has 0 radical (unpaired) electrons. The van der Waals surface area contributed by atoms with E-state index in [1.165, 1.54) is 38.5 Å². The molecule has 0 saturated carbocycles. The molecule has 4 nitrogen and oxygen atoms in total. The third kappa shape index (κ3) is 12.4. The molecule has 0 unspecified atom stereocenters. The molecule has 1 amide bonds. The molecule has 142 valence electrons. The molecule has 0 aromatic heterocycles. The van der Waals surface area contributed by atoms with E-state index in [1.807, 2.05) is 34.6 Å². The summed E-state index contributed by atoms with van der Waals surface area (Å²) < 4.78 is 5.26. The van der Waals surface area contributed by atoms with Crippen LogP contribution in [0.4, 0.5) is 4.79 Å². The van der Waals surface area contributed by atoms with Crippen molar-refractivity contribution < 1.29 is 14.3 Å². The van der Waals surface area contributed by atoms with E-state index in [2.05, 4.69) is 12.2 Å². The highest BCUT2D eigenvalue weighted by Gasteiger charge is 2.26. The summed E-state index contributed by atoms with van der Waals surface area (Å²) in [5.41, 5.74) is -0.549. The zero-order valence-corrected chi connectivity index (χ0v) is 16.7. The van der Waals surface area contributed by atoms with Crippen LogP contribution in [-0.4, -0.2) is 23.5 Å². The van der Waals surface area contributed by atoms with E-state index in [9.17, 15) is 9.59 Å². The number of carbonyl (C=O) groups excluding carboxylic acids is 2. The predicted molar refractivity (Wildman–Crippen MR) is 100 cm³/mol. The molecule has 0 fully saturated rings. The maximum atomic E-state index is 12.4. The molecule has 0 bridgehead atoms. The van der Waals surface area contributed by atoms with Crippen molar-refractivity contribution in [2.75, 3.05) is 0 Å². The standard InChI is InChI=1S/C20H39NO3/c1-7-8-9-10-11-12-13-14-15-17(22)18(16(2)3)21-19(23)24-20(4,5)6/h16,18H,7-15H2,1-6H3,(H,21,23)/t18-/m0/s1. The Labute approximate surface area is 149 Å². The van der Waals surface area contributed by atoms with Crippen LogP contribution in [0.3, 0.4) is 0 Å². The van der Waals surface area contributed by atoms with Crippen LogP contribution in [0.5, 0.6) is 0 Å². The first-order valence-electron chi connectivity index (χ1n) is 9.69. The summed E-state index contributed by atoms with van der Waals surface area (Å²) in [6.07, 6.45) is 9.71. The highest BCUT2D eigenvalue weighted by molar-refractivity contribution is 5.87. The van der Waals surface area contributed by atoms with E-state index < -0.39 is 17.7 Å². The lowest BCUT2D eigenvalue weighted by Crippen LogP contribution is -2.46. The summed E-state index contributed by atoms with van der Waals surface area (Å²) in [7, 11) is 0. The minimum Gasteiger partial charge on any atom is -0.444 e. The lowest BCUT2D eigenvalue weighted by Gasteiger charge is -2.25. The van der Waals surface area contributed by atoms with Crippen molar-refractivity contribution in [3.05, 3.63) is 0 Å². The van der Waals surface area contributed by atoms with Crippen LogP contribution in [-0.2, 0) is 9.53 Å². The molecular formula is C20H39NO3. The second-order valence-electron chi connectivity index (χ2n) is 8.06. The number of Topliss-reactive ketones (excluding diaryl/α,β-unsaturated/α-hetero) is 1. The maximum absolute atomic E-state index is 12.4. The number of alkyl carbamates (subject to hydrolysis) is 1. The normalized spacial score (nSPS) is 13.0. The van der Waals surface area contributed by atoms with Crippen molar-refractivity contribution in [3.63, 3.8) is 0 Å². The van der Waals surface area contributed by atoms with Gasteiger partial charge >= 0.3 is 6.09 Å². The second kappa shape index (κ2) is 12.3. The fourth-order valence-corrected chi connectivity index (χ4v) is 2.64. The van der Waals surface area contributed by atoms with Crippen molar-refractivity contribution in [1.82, 2.24) is 5.32 Å². The molecule has 4 heteroatoms. The summed E-state index contributed by atoms with van der Waals surface area (Å²) in [5.74, 6) is 0.181. The third-order valence-corrected chi connectivity index (χ3v) is 3.96. The fourth-order valence-electron chi connectivity index (χ4n) is 2.64. The first kappa shape index (κ1) is 22.9. The van der Waals surface area contributed by atoms with Crippen LogP contribution in [0.15, 0.2) is 0 Å². The van der Waals surface area contributed by atoms with Crippen LogP contribution in [0.2, 0.25) is 0 Å². The van der Waals surface area contributed by atoms with E-state index in [0.717, 1.165) is 12.8 Å². The number of carbonyl (C=O) groups is 2. The largest absolute Gasteiger partial charge is 0.444 e. The van der Waals surface area contributed by atoms with E-state index in [1.54, 1.807) is 0 Å². The minimum atomic E-state index is -0.549. The Morgan fingerprint density at radius 2 is 1.42 bits per heavy atom. The van der Waals surface area contributed by atoms with Gasteiger partial charge in [-0.15, -0.1) is 0 Å². The number of rotatable bonds is 12. The Kier molecular flexibility index (Phi) is 11.8. The second-order valence-corrected chi connectivity index (χ2v) is 8.06. The number of ketones is 1. The van der Waals surface area contributed by atoms with Crippen LogP contribution < -0.4 is 5.32 Å². The first-order chi connectivity index (χ1) is 11.2. The van der Waals surface area contributed by atoms with Crippen molar-refractivity contribution in [2.45, 2.75) is 111 Å². The van der Waals surface area contributed by atoms with Gasteiger partial charge in [0.1, 0.15) is 5.60 Å². The molecule has 0 spiro atoms. The monoisotopic (exact) mass is 341 g/mol. The van der Waals surface area contributed by atoms with Crippen LogP contribution in [0, 0.1) is 5.92 Å². The van der Waals surface area contributed by atoms with Gasteiger partial charge in [0.15, 0.2) is 5.78 Å². The summed E-state index contributed by atoms with van der Waals surface area (Å²) in [4.78, 5) is 24.3. The minimum absolute atomic E-state index is 0.0686. The molecular weight excluding hydrogens is 302 g/mol. The molecule has 0 aromatic carbocycles. The van der Waals surface area contributed by atoms with Gasteiger partial charge in [-0.2, -0.15) is 0 Å². The zero-order chi connectivity index (χ0) is 18.6. The zero-order valence-electron chi connectivity index (χ0n) is 16.7. The number of hydrogen-bond donors (Lipinski definition) is 1. The topological polar surface area (TPSA) is 55.4 Å². The molecule has 0 saturated heterocycles. The van der Waals surface area contributed by atoms with Gasteiger partial charge < -0.3 is 10.1 Å². The number of amides is 1. The Morgan fingerprint density at radius 3 is 1.88 bits per heavy atom. The third-order valence-electron chi connectivity index (χ3n) is 3.96. The quantitative estimate of drug-likeness (QED) is 0.468. The molecule has 1 N–H and O–H groups in total. The van der Waals surface area contributed by atoms with Gasteiger partial charge in [0.05, 0.1) is 6.04 Å². The Hall–Kier alpha value is -1.06. The SMILES string of the molecule is CCCCCCCCCCC(=O)[C@@H](NC(=O)OC(C)(C)C)C(C)C. The van der Waals surface area contributed by atoms with Crippen molar-refractivity contribution in [1.29, 1.82) is 0 Å². The van der Waals surface area contributed by atoms with E-state index in [0.29, 0.717) is 6.42 Å². The average molecular weight is 342 g/mol. The van der Waals surface area contributed by atoms with E-state index in [-0.39, 0.29) is 11.7 Å². The van der Waals surface area contributed by atoms with Gasteiger partial charge in [0, 0.05) is 6.42 Å². The lowest BCUT2D eigenvalue weighted by atomic mass is 9.96. The van der Waals surface area contributed by atoms with Gasteiger partial charge in [-0.1, -0.05) is 65.7 Å². The maximum Gasteiger partial charge on any atom is 0.408 e. The van der Waals surface area contributed by atoms with Crippen LogP contribution >= 0.6 is 0 Å². The van der Waals surface area contributed by atoms with Crippen LogP contribution in [0.1, 0.15) is 99.3 Å². The number of ether oxygens (including phenoxy) is 1. The Balaban J connectivity index is 4.06. The molecule has 24 heavy (non-hydrogen) atoms. The van der Waals surface area contributed by atoms with Gasteiger partial charge in [-0.3, -0.25) is 4.79 Å².